The van der Waals surface area contributed by atoms with Crippen LogP contribution in [0.2, 0.25) is 0 Å². The number of carbonyl (C=O) groups is 1. The van der Waals surface area contributed by atoms with Gasteiger partial charge in [-0.3, -0.25) is 10.1 Å². The predicted molar refractivity (Wildman–Crippen MR) is 74.7 cm³/mol. The second-order valence-electron chi connectivity index (χ2n) is 4.78. The number of hydrogen-bond donors (Lipinski definition) is 1. The largest absolute Gasteiger partial charge is 0.382 e. The molecule has 4 heteroatoms. The van der Waals surface area contributed by atoms with Crippen LogP contribution in [0.4, 0.5) is 0 Å². The maximum atomic E-state index is 12.0. The van der Waals surface area contributed by atoms with Crippen molar-refractivity contribution >= 4 is 5.91 Å². The van der Waals surface area contributed by atoms with Crippen LogP contribution in [0, 0.1) is 6.92 Å². The van der Waals surface area contributed by atoms with Crippen molar-refractivity contribution in [1.82, 2.24) is 10.2 Å². The van der Waals surface area contributed by atoms with Crippen molar-refractivity contribution in [2.75, 3.05) is 26.3 Å². The van der Waals surface area contributed by atoms with E-state index < -0.39 is 0 Å². The molecule has 1 fully saturated rings. The van der Waals surface area contributed by atoms with E-state index in [0.717, 1.165) is 19.6 Å². The summed E-state index contributed by atoms with van der Waals surface area (Å²) >= 11 is 0. The molecule has 104 valence electrons. The highest BCUT2D eigenvalue weighted by molar-refractivity contribution is 5.81. The Hall–Kier alpha value is -1.39. The Morgan fingerprint density at radius 2 is 2.21 bits per heavy atom. The second kappa shape index (κ2) is 6.68. The smallest absolute Gasteiger partial charge is 0.238 e. The van der Waals surface area contributed by atoms with Crippen molar-refractivity contribution in [3.63, 3.8) is 0 Å². The minimum absolute atomic E-state index is 0.00956. The van der Waals surface area contributed by atoms with Crippen molar-refractivity contribution in [2.24, 2.45) is 0 Å². The van der Waals surface area contributed by atoms with Gasteiger partial charge < -0.3 is 9.64 Å². The Kier molecular flexibility index (Phi) is 4.93. The monoisotopic (exact) mass is 262 g/mol. The van der Waals surface area contributed by atoms with E-state index >= 15 is 0 Å². The topological polar surface area (TPSA) is 41.6 Å². The maximum Gasteiger partial charge on any atom is 0.238 e. The Morgan fingerprint density at radius 1 is 1.42 bits per heavy atom. The molecule has 1 aliphatic heterocycles. The number of ether oxygens (including phenoxy) is 1. The summed E-state index contributed by atoms with van der Waals surface area (Å²) in [6.45, 7) is 6.67. The lowest BCUT2D eigenvalue weighted by atomic mass is 10.1. The van der Waals surface area contributed by atoms with E-state index in [-0.39, 0.29) is 12.1 Å². The van der Waals surface area contributed by atoms with Gasteiger partial charge in [-0.25, -0.2) is 0 Å². The normalized spacial score (nSPS) is 19.2. The van der Waals surface area contributed by atoms with Gasteiger partial charge in [0.05, 0.1) is 6.54 Å². The van der Waals surface area contributed by atoms with E-state index in [1.54, 1.807) is 0 Å². The Balaban J connectivity index is 2.03. The quantitative estimate of drug-likeness (QED) is 0.796. The van der Waals surface area contributed by atoms with E-state index in [1.165, 1.54) is 11.1 Å². The molecule has 0 radical (unpaired) electrons. The highest BCUT2D eigenvalue weighted by Gasteiger charge is 2.31. The summed E-state index contributed by atoms with van der Waals surface area (Å²) in [5.74, 6) is 0.171. The van der Waals surface area contributed by atoms with Gasteiger partial charge in [0.1, 0.15) is 6.17 Å². The van der Waals surface area contributed by atoms with Crippen LogP contribution in [0.3, 0.4) is 0 Å². The van der Waals surface area contributed by atoms with Gasteiger partial charge in [-0.1, -0.05) is 24.3 Å². The van der Waals surface area contributed by atoms with Crippen molar-refractivity contribution in [3.8, 4) is 0 Å². The average molecular weight is 262 g/mol. The molecule has 0 bridgehead atoms. The summed E-state index contributed by atoms with van der Waals surface area (Å²) in [6.07, 6.45) is 0.888. The molecule has 0 aromatic heterocycles. The van der Waals surface area contributed by atoms with Gasteiger partial charge in [-0.15, -0.1) is 0 Å². The molecule has 2 rings (SSSR count). The van der Waals surface area contributed by atoms with Gasteiger partial charge in [0, 0.05) is 19.8 Å². The summed E-state index contributed by atoms with van der Waals surface area (Å²) < 4.78 is 5.33. The number of aryl methyl sites for hydroxylation is 1. The van der Waals surface area contributed by atoms with E-state index in [4.69, 9.17) is 4.74 Å². The maximum absolute atomic E-state index is 12.0. The van der Waals surface area contributed by atoms with Crippen LogP contribution in [-0.4, -0.2) is 37.1 Å². The van der Waals surface area contributed by atoms with Crippen molar-refractivity contribution in [1.29, 1.82) is 0 Å². The number of hydrogen-bond acceptors (Lipinski definition) is 3. The van der Waals surface area contributed by atoms with Crippen molar-refractivity contribution < 1.29 is 9.53 Å². The molecule has 1 amide bonds. The number of rotatable bonds is 6. The SMILES string of the molecule is CCOCCCN1C(=O)CNC1c1ccccc1C. The van der Waals surface area contributed by atoms with Crippen LogP contribution >= 0.6 is 0 Å². The third-order valence-electron chi connectivity index (χ3n) is 3.45. The molecule has 4 nitrogen and oxygen atoms in total. The minimum Gasteiger partial charge on any atom is -0.382 e. The molecule has 1 aliphatic rings. The fourth-order valence-corrected chi connectivity index (χ4v) is 2.45. The van der Waals surface area contributed by atoms with Gasteiger partial charge in [0.15, 0.2) is 0 Å². The molecular weight excluding hydrogens is 240 g/mol. The fourth-order valence-electron chi connectivity index (χ4n) is 2.45. The summed E-state index contributed by atoms with van der Waals surface area (Å²) in [4.78, 5) is 13.9. The van der Waals surface area contributed by atoms with Gasteiger partial charge in [0.2, 0.25) is 5.91 Å². The first kappa shape index (κ1) is 14.0. The fraction of sp³-hybridized carbons (Fsp3) is 0.533. The van der Waals surface area contributed by atoms with Gasteiger partial charge in [-0.05, 0) is 31.4 Å². The van der Waals surface area contributed by atoms with E-state index in [9.17, 15) is 4.79 Å². The molecular formula is C15H22N2O2. The highest BCUT2D eigenvalue weighted by atomic mass is 16.5. The summed E-state index contributed by atoms with van der Waals surface area (Å²) in [5, 5.41) is 3.29. The molecule has 1 N–H and O–H groups in total. The van der Waals surface area contributed by atoms with Crippen molar-refractivity contribution in [2.45, 2.75) is 26.4 Å². The highest BCUT2D eigenvalue weighted by Crippen LogP contribution is 2.25. The first-order valence-electron chi connectivity index (χ1n) is 6.90. The number of amides is 1. The van der Waals surface area contributed by atoms with Crippen LogP contribution in [0.25, 0.3) is 0 Å². The summed E-state index contributed by atoms with van der Waals surface area (Å²) in [5.41, 5.74) is 2.40. The third kappa shape index (κ3) is 3.33. The Labute approximate surface area is 114 Å². The molecule has 1 aromatic carbocycles. The molecule has 0 aliphatic carbocycles. The molecule has 1 saturated heterocycles. The van der Waals surface area contributed by atoms with Crippen LogP contribution in [0.15, 0.2) is 24.3 Å². The summed E-state index contributed by atoms with van der Waals surface area (Å²) in [7, 11) is 0. The van der Waals surface area contributed by atoms with E-state index in [2.05, 4.69) is 24.4 Å². The third-order valence-corrected chi connectivity index (χ3v) is 3.45. The zero-order valence-corrected chi connectivity index (χ0v) is 11.7. The van der Waals surface area contributed by atoms with Crippen LogP contribution in [-0.2, 0) is 9.53 Å². The zero-order valence-electron chi connectivity index (χ0n) is 11.7. The average Bonchev–Trinajstić information content (AvgIpc) is 2.77. The lowest BCUT2D eigenvalue weighted by Crippen LogP contribution is -2.32. The summed E-state index contributed by atoms with van der Waals surface area (Å²) in [6, 6.07) is 8.21. The first-order valence-corrected chi connectivity index (χ1v) is 6.90. The lowest BCUT2D eigenvalue weighted by Gasteiger charge is -2.25. The molecule has 1 aromatic rings. The molecule has 1 heterocycles. The number of nitrogens with one attached hydrogen (secondary N) is 1. The predicted octanol–water partition coefficient (Wildman–Crippen LogP) is 1.85. The Morgan fingerprint density at radius 3 is 2.95 bits per heavy atom. The van der Waals surface area contributed by atoms with Gasteiger partial charge >= 0.3 is 0 Å². The first-order chi connectivity index (χ1) is 9.24. The second-order valence-corrected chi connectivity index (χ2v) is 4.78. The van der Waals surface area contributed by atoms with E-state index in [1.807, 2.05) is 24.0 Å². The number of benzene rings is 1. The number of carbonyl (C=O) groups excluding carboxylic acids is 1. The van der Waals surface area contributed by atoms with Crippen LogP contribution in [0.1, 0.15) is 30.6 Å². The zero-order chi connectivity index (χ0) is 13.7. The van der Waals surface area contributed by atoms with Gasteiger partial charge in [0.25, 0.3) is 0 Å². The van der Waals surface area contributed by atoms with Crippen LogP contribution < -0.4 is 5.32 Å². The Bertz CT molecular complexity index is 434. The van der Waals surface area contributed by atoms with Crippen LogP contribution in [0.5, 0.6) is 0 Å². The minimum atomic E-state index is 0.00956. The van der Waals surface area contributed by atoms with Crippen molar-refractivity contribution in [3.05, 3.63) is 35.4 Å². The molecule has 0 saturated carbocycles. The molecule has 1 atom stereocenters. The van der Waals surface area contributed by atoms with E-state index in [0.29, 0.717) is 13.2 Å². The van der Waals surface area contributed by atoms with Gasteiger partial charge in [-0.2, -0.15) is 0 Å². The lowest BCUT2D eigenvalue weighted by molar-refractivity contribution is -0.128. The number of nitrogens with zero attached hydrogens (tertiary/aromatic N) is 1. The molecule has 19 heavy (non-hydrogen) atoms. The standard InChI is InChI=1S/C15H22N2O2/c1-3-19-10-6-9-17-14(18)11-16-15(17)13-8-5-4-7-12(13)2/h4-5,7-8,15-16H,3,6,9-11H2,1-2H3. The molecule has 1 unspecified atom stereocenters. The molecule has 0 spiro atoms.